The highest BCUT2D eigenvalue weighted by molar-refractivity contribution is 9.10. The molecule has 3 N–H and O–H groups in total. The number of benzene rings is 2. The van der Waals surface area contributed by atoms with Crippen LogP contribution < -0.4 is 5.43 Å². The Morgan fingerprint density at radius 1 is 1.15 bits per heavy atom. The average Bonchev–Trinajstić information content (AvgIpc) is 3.30. The largest absolute Gasteiger partial charge is 0.361 e. The van der Waals surface area contributed by atoms with Crippen molar-refractivity contribution in [3.63, 3.8) is 0 Å². The molecule has 2 aromatic heterocycles. The molecule has 4 rings (SSSR count). The zero-order valence-corrected chi connectivity index (χ0v) is 15.1. The van der Waals surface area contributed by atoms with E-state index in [0.717, 1.165) is 26.5 Å². The monoisotopic (exact) mass is 407 g/mol. The van der Waals surface area contributed by atoms with Gasteiger partial charge in [0.2, 0.25) is 0 Å². The Balaban J connectivity index is 1.46. The number of amides is 1. The molecule has 0 aliphatic rings. The topological polar surface area (TPSA) is 85.9 Å². The van der Waals surface area contributed by atoms with Gasteiger partial charge in [0.1, 0.15) is 5.69 Å². The fourth-order valence-corrected chi connectivity index (χ4v) is 2.89. The number of nitrogens with one attached hydrogen (secondary N) is 3. The SMILES string of the molecule is O=C(NN=Cc1c[nH]c2ccccc12)c1cc(-c2ccc(Br)cc2)n[nH]1. The fraction of sp³-hybridized carbons (Fsp3) is 0. The summed E-state index contributed by atoms with van der Waals surface area (Å²) in [4.78, 5) is 15.4. The summed E-state index contributed by atoms with van der Waals surface area (Å²) >= 11 is 3.40. The van der Waals surface area contributed by atoms with E-state index < -0.39 is 0 Å². The summed E-state index contributed by atoms with van der Waals surface area (Å²) in [6.07, 6.45) is 3.46. The van der Waals surface area contributed by atoms with E-state index in [2.05, 4.69) is 41.6 Å². The Kier molecular flexibility index (Phi) is 4.37. The van der Waals surface area contributed by atoms with Gasteiger partial charge in [0.05, 0.1) is 11.9 Å². The van der Waals surface area contributed by atoms with Crippen LogP contribution in [0.3, 0.4) is 0 Å². The standard InChI is InChI=1S/C19H14BrN5O/c20-14-7-5-12(6-8-14)17-9-18(24-23-17)19(26)25-22-11-13-10-21-16-4-2-1-3-15(13)16/h1-11,21H,(H,23,24)(H,25,26). The summed E-state index contributed by atoms with van der Waals surface area (Å²) in [5.74, 6) is -0.350. The number of aromatic nitrogens is 3. The number of halogens is 1. The Hall–Kier alpha value is -3.19. The van der Waals surface area contributed by atoms with Crippen molar-refractivity contribution in [1.82, 2.24) is 20.6 Å². The van der Waals surface area contributed by atoms with Crippen molar-refractivity contribution >= 4 is 39.0 Å². The number of carbonyl (C=O) groups is 1. The summed E-state index contributed by atoms with van der Waals surface area (Å²) < 4.78 is 0.987. The first kappa shape index (κ1) is 16.3. The highest BCUT2D eigenvalue weighted by atomic mass is 79.9. The van der Waals surface area contributed by atoms with Crippen LogP contribution in [0.15, 0.2) is 70.4 Å². The van der Waals surface area contributed by atoms with Crippen LogP contribution >= 0.6 is 15.9 Å². The van der Waals surface area contributed by atoms with Gasteiger partial charge in [-0.25, -0.2) is 5.43 Å². The average molecular weight is 408 g/mol. The van der Waals surface area contributed by atoms with E-state index >= 15 is 0 Å². The highest BCUT2D eigenvalue weighted by Crippen LogP contribution is 2.20. The Morgan fingerprint density at radius 3 is 2.81 bits per heavy atom. The Bertz CT molecular complexity index is 1090. The second-order valence-corrected chi connectivity index (χ2v) is 6.58. The molecule has 0 bridgehead atoms. The summed E-state index contributed by atoms with van der Waals surface area (Å²) in [6.45, 7) is 0. The van der Waals surface area contributed by atoms with E-state index in [1.807, 2.05) is 54.7 Å². The zero-order chi connectivity index (χ0) is 17.9. The third kappa shape index (κ3) is 3.29. The molecule has 0 aliphatic heterocycles. The maximum atomic E-state index is 12.2. The molecular formula is C19H14BrN5O. The molecule has 0 spiro atoms. The molecule has 0 saturated carbocycles. The highest BCUT2D eigenvalue weighted by Gasteiger charge is 2.10. The number of para-hydroxylation sites is 1. The van der Waals surface area contributed by atoms with Crippen LogP contribution in [-0.4, -0.2) is 27.3 Å². The molecule has 6 nitrogen and oxygen atoms in total. The zero-order valence-electron chi connectivity index (χ0n) is 13.5. The Labute approximate surface area is 157 Å². The number of hydrazone groups is 1. The predicted molar refractivity (Wildman–Crippen MR) is 105 cm³/mol. The van der Waals surface area contributed by atoms with E-state index in [1.165, 1.54) is 0 Å². The van der Waals surface area contributed by atoms with E-state index in [1.54, 1.807) is 12.3 Å². The summed E-state index contributed by atoms with van der Waals surface area (Å²) in [7, 11) is 0. The minimum atomic E-state index is -0.350. The van der Waals surface area contributed by atoms with Gasteiger partial charge in [0.15, 0.2) is 0 Å². The maximum Gasteiger partial charge on any atom is 0.289 e. The minimum Gasteiger partial charge on any atom is -0.361 e. The number of aromatic amines is 2. The number of rotatable bonds is 4. The predicted octanol–water partition coefficient (Wildman–Crippen LogP) is 4.08. The van der Waals surface area contributed by atoms with E-state index in [-0.39, 0.29) is 5.91 Å². The van der Waals surface area contributed by atoms with Crippen molar-refractivity contribution in [2.75, 3.05) is 0 Å². The van der Waals surface area contributed by atoms with Crippen LogP contribution in [0, 0.1) is 0 Å². The molecule has 1 amide bonds. The van der Waals surface area contributed by atoms with Crippen molar-refractivity contribution in [3.05, 3.63) is 76.5 Å². The smallest absolute Gasteiger partial charge is 0.289 e. The van der Waals surface area contributed by atoms with E-state index in [0.29, 0.717) is 11.4 Å². The van der Waals surface area contributed by atoms with Crippen LogP contribution in [0.5, 0.6) is 0 Å². The first-order chi connectivity index (χ1) is 12.7. The first-order valence-corrected chi connectivity index (χ1v) is 8.71. The molecule has 0 saturated heterocycles. The number of hydrogen-bond donors (Lipinski definition) is 3. The van der Waals surface area contributed by atoms with Crippen molar-refractivity contribution in [1.29, 1.82) is 0 Å². The van der Waals surface area contributed by atoms with Crippen molar-refractivity contribution in [2.45, 2.75) is 0 Å². The number of nitrogens with zero attached hydrogens (tertiary/aromatic N) is 2. The molecule has 4 aromatic rings. The van der Waals surface area contributed by atoms with Gasteiger partial charge in [-0.2, -0.15) is 10.2 Å². The Morgan fingerprint density at radius 2 is 1.96 bits per heavy atom. The van der Waals surface area contributed by atoms with Crippen LogP contribution in [0.4, 0.5) is 0 Å². The summed E-state index contributed by atoms with van der Waals surface area (Å²) in [6, 6.07) is 17.3. The molecule has 0 atom stereocenters. The fourth-order valence-electron chi connectivity index (χ4n) is 2.63. The third-order valence-electron chi connectivity index (χ3n) is 3.95. The lowest BCUT2D eigenvalue weighted by Gasteiger charge is -1.96. The van der Waals surface area contributed by atoms with Crippen molar-refractivity contribution in [2.24, 2.45) is 5.10 Å². The molecular weight excluding hydrogens is 394 g/mol. The molecule has 0 fully saturated rings. The van der Waals surface area contributed by atoms with Crippen LogP contribution in [0.2, 0.25) is 0 Å². The molecule has 2 aromatic carbocycles. The lowest BCUT2D eigenvalue weighted by atomic mass is 10.1. The van der Waals surface area contributed by atoms with Crippen molar-refractivity contribution in [3.8, 4) is 11.3 Å². The van der Waals surface area contributed by atoms with Crippen LogP contribution in [0.1, 0.15) is 16.1 Å². The summed E-state index contributed by atoms with van der Waals surface area (Å²) in [5.41, 5.74) is 6.40. The molecule has 0 radical (unpaired) electrons. The van der Waals surface area contributed by atoms with Gasteiger partial charge in [-0.15, -0.1) is 0 Å². The normalized spacial score (nSPS) is 11.3. The molecule has 0 unspecified atom stereocenters. The van der Waals surface area contributed by atoms with Gasteiger partial charge in [-0.05, 0) is 24.3 Å². The number of fused-ring (bicyclic) bond motifs is 1. The summed E-state index contributed by atoms with van der Waals surface area (Å²) in [5, 5.41) is 12.0. The molecule has 0 aliphatic carbocycles. The molecule has 26 heavy (non-hydrogen) atoms. The van der Waals surface area contributed by atoms with Gasteiger partial charge in [0.25, 0.3) is 5.91 Å². The van der Waals surface area contributed by atoms with Gasteiger partial charge >= 0.3 is 0 Å². The number of hydrogen-bond acceptors (Lipinski definition) is 3. The minimum absolute atomic E-state index is 0.346. The molecule has 7 heteroatoms. The maximum absolute atomic E-state index is 12.2. The van der Waals surface area contributed by atoms with Gasteiger partial charge < -0.3 is 4.98 Å². The van der Waals surface area contributed by atoms with Crippen LogP contribution in [-0.2, 0) is 0 Å². The lowest BCUT2D eigenvalue weighted by Crippen LogP contribution is -2.17. The van der Waals surface area contributed by atoms with Gasteiger partial charge in [0, 0.05) is 32.7 Å². The quantitative estimate of drug-likeness (QED) is 0.351. The number of H-pyrrole nitrogens is 2. The first-order valence-electron chi connectivity index (χ1n) is 7.91. The van der Waals surface area contributed by atoms with Crippen LogP contribution in [0.25, 0.3) is 22.2 Å². The van der Waals surface area contributed by atoms with E-state index in [9.17, 15) is 4.79 Å². The third-order valence-corrected chi connectivity index (χ3v) is 4.48. The second kappa shape index (κ2) is 6.97. The van der Waals surface area contributed by atoms with Crippen molar-refractivity contribution < 1.29 is 4.79 Å². The lowest BCUT2D eigenvalue weighted by molar-refractivity contribution is 0.0950. The van der Waals surface area contributed by atoms with E-state index in [4.69, 9.17) is 0 Å². The van der Waals surface area contributed by atoms with Gasteiger partial charge in [-0.1, -0.05) is 46.3 Å². The molecule has 128 valence electrons. The molecule has 2 heterocycles. The number of carbonyl (C=O) groups excluding carboxylic acids is 1. The van der Waals surface area contributed by atoms with Gasteiger partial charge in [-0.3, -0.25) is 9.89 Å². The second-order valence-electron chi connectivity index (χ2n) is 5.66.